The number of aromatic hydroxyl groups is 2. The molecule has 4 N–H and O–H groups in total. The zero-order valence-electron chi connectivity index (χ0n) is 9.34. The Morgan fingerprint density at radius 3 is 2.12 bits per heavy atom. The van der Waals surface area contributed by atoms with Crippen LogP contribution < -0.4 is 10.5 Å². The summed E-state index contributed by atoms with van der Waals surface area (Å²) in [6, 6.07) is 9.57. The monoisotopic (exact) mass is 231 g/mol. The number of anilines is 1. The fourth-order valence-corrected chi connectivity index (χ4v) is 1.42. The van der Waals surface area contributed by atoms with Crippen molar-refractivity contribution < 1.29 is 14.9 Å². The summed E-state index contributed by atoms with van der Waals surface area (Å²) in [5.74, 6) is 1.39. The molecular formula is C13H13NO3. The fraction of sp³-hybridized carbons (Fsp3) is 0.0769. The van der Waals surface area contributed by atoms with Crippen molar-refractivity contribution in [2.45, 2.75) is 6.92 Å². The van der Waals surface area contributed by atoms with Gasteiger partial charge in [-0.2, -0.15) is 0 Å². The van der Waals surface area contributed by atoms with Crippen molar-refractivity contribution >= 4 is 5.69 Å². The Hall–Kier alpha value is -2.36. The number of phenolic OH excluding ortho intramolecular Hbond substituents is 2. The lowest BCUT2D eigenvalue weighted by Gasteiger charge is -2.08. The number of aryl methyl sites for hydroxylation is 1. The van der Waals surface area contributed by atoms with Crippen LogP contribution in [0.15, 0.2) is 36.4 Å². The molecule has 2 rings (SSSR count). The van der Waals surface area contributed by atoms with Crippen LogP contribution in [0.1, 0.15) is 5.56 Å². The molecule has 0 unspecified atom stereocenters. The van der Waals surface area contributed by atoms with Gasteiger partial charge in [-0.05, 0) is 42.8 Å². The van der Waals surface area contributed by atoms with Gasteiger partial charge in [-0.3, -0.25) is 0 Å². The van der Waals surface area contributed by atoms with E-state index in [1.807, 2.05) is 0 Å². The van der Waals surface area contributed by atoms with Gasteiger partial charge in [0.2, 0.25) is 0 Å². The molecule has 88 valence electrons. The van der Waals surface area contributed by atoms with Crippen LogP contribution in [0.4, 0.5) is 5.69 Å². The number of hydrogen-bond acceptors (Lipinski definition) is 4. The fourth-order valence-electron chi connectivity index (χ4n) is 1.42. The minimum Gasteiger partial charge on any atom is -0.508 e. The van der Waals surface area contributed by atoms with E-state index < -0.39 is 0 Å². The molecule has 0 saturated heterocycles. The number of phenols is 2. The first-order valence-corrected chi connectivity index (χ1v) is 5.12. The first-order valence-electron chi connectivity index (χ1n) is 5.12. The number of ether oxygens (including phenoxy) is 1. The molecule has 0 aromatic heterocycles. The molecule has 0 aliphatic carbocycles. The number of hydrogen-bond donors (Lipinski definition) is 3. The van der Waals surface area contributed by atoms with Crippen molar-refractivity contribution in [1.29, 1.82) is 0 Å². The molecule has 4 nitrogen and oxygen atoms in total. The van der Waals surface area contributed by atoms with Crippen molar-refractivity contribution in [3.05, 3.63) is 42.0 Å². The summed E-state index contributed by atoms with van der Waals surface area (Å²) in [4.78, 5) is 0. The summed E-state index contributed by atoms with van der Waals surface area (Å²) < 4.78 is 5.55. The molecular weight excluding hydrogens is 218 g/mol. The number of nitrogen functional groups attached to an aromatic ring is 1. The van der Waals surface area contributed by atoms with Crippen molar-refractivity contribution in [1.82, 2.24) is 0 Å². The van der Waals surface area contributed by atoms with Gasteiger partial charge >= 0.3 is 0 Å². The van der Waals surface area contributed by atoms with Gasteiger partial charge in [0.25, 0.3) is 0 Å². The van der Waals surface area contributed by atoms with E-state index >= 15 is 0 Å². The van der Waals surface area contributed by atoms with Gasteiger partial charge in [0.1, 0.15) is 23.0 Å². The molecule has 2 aromatic carbocycles. The first-order chi connectivity index (χ1) is 8.06. The highest BCUT2D eigenvalue weighted by Crippen LogP contribution is 2.30. The lowest BCUT2D eigenvalue weighted by atomic mass is 10.2. The molecule has 2 aromatic rings. The Kier molecular flexibility index (Phi) is 2.78. The van der Waals surface area contributed by atoms with E-state index in [0.717, 1.165) is 5.56 Å². The molecule has 0 heterocycles. The summed E-state index contributed by atoms with van der Waals surface area (Å²) in [6.07, 6.45) is 0. The smallest absolute Gasteiger partial charge is 0.138 e. The van der Waals surface area contributed by atoms with Crippen molar-refractivity contribution in [2.75, 3.05) is 5.73 Å². The van der Waals surface area contributed by atoms with E-state index in [1.54, 1.807) is 31.2 Å². The summed E-state index contributed by atoms with van der Waals surface area (Å²) >= 11 is 0. The SMILES string of the molecule is Cc1cc(Oc2ccc(O)c(N)c2)ccc1O. The average molecular weight is 231 g/mol. The molecule has 0 saturated carbocycles. The third-order valence-corrected chi connectivity index (χ3v) is 2.40. The van der Waals surface area contributed by atoms with Crippen LogP contribution in [-0.4, -0.2) is 10.2 Å². The molecule has 0 atom stereocenters. The molecule has 0 radical (unpaired) electrons. The van der Waals surface area contributed by atoms with Gasteiger partial charge in [0.05, 0.1) is 5.69 Å². The third-order valence-electron chi connectivity index (χ3n) is 2.40. The lowest BCUT2D eigenvalue weighted by Crippen LogP contribution is -1.89. The second kappa shape index (κ2) is 4.25. The molecule has 0 amide bonds. The maximum Gasteiger partial charge on any atom is 0.138 e. The number of rotatable bonds is 2. The summed E-state index contributed by atoms with van der Waals surface area (Å²) in [5.41, 5.74) is 6.55. The number of benzene rings is 2. The van der Waals surface area contributed by atoms with Crippen molar-refractivity contribution in [3.8, 4) is 23.0 Å². The highest BCUT2D eigenvalue weighted by molar-refractivity contribution is 5.56. The van der Waals surface area contributed by atoms with E-state index in [0.29, 0.717) is 11.5 Å². The minimum absolute atomic E-state index is 0.0271. The lowest BCUT2D eigenvalue weighted by molar-refractivity contribution is 0.457. The van der Waals surface area contributed by atoms with Crippen molar-refractivity contribution in [2.24, 2.45) is 0 Å². The van der Waals surface area contributed by atoms with Gasteiger partial charge < -0.3 is 20.7 Å². The largest absolute Gasteiger partial charge is 0.508 e. The Labute approximate surface area is 98.9 Å². The average Bonchev–Trinajstić information content (AvgIpc) is 2.29. The predicted molar refractivity (Wildman–Crippen MR) is 65.4 cm³/mol. The summed E-state index contributed by atoms with van der Waals surface area (Å²) in [6.45, 7) is 1.79. The van der Waals surface area contributed by atoms with Gasteiger partial charge in [0.15, 0.2) is 0 Å². The highest BCUT2D eigenvalue weighted by Gasteiger charge is 2.03. The Bertz CT molecular complexity index is 503. The van der Waals surface area contributed by atoms with E-state index in [1.165, 1.54) is 12.1 Å². The van der Waals surface area contributed by atoms with Crippen LogP contribution >= 0.6 is 0 Å². The number of nitrogens with two attached hydrogens (primary N) is 1. The van der Waals surface area contributed by atoms with Crippen LogP contribution in [0.25, 0.3) is 0 Å². The van der Waals surface area contributed by atoms with Crippen LogP contribution in [0.2, 0.25) is 0 Å². The highest BCUT2D eigenvalue weighted by atomic mass is 16.5. The topological polar surface area (TPSA) is 75.7 Å². The van der Waals surface area contributed by atoms with Gasteiger partial charge in [-0.25, -0.2) is 0 Å². The Morgan fingerprint density at radius 1 is 0.941 bits per heavy atom. The Morgan fingerprint density at radius 2 is 1.53 bits per heavy atom. The maximum absolute atomic E-state index is 9.38. The first kappa shape index (κ1) is 11.1. The molecule has 0 fully saturated rings. The van der Waals surface area contributed by atoms with Crippen molar-refractivity contribution in [3.63, 3.8) is 0 Å². The van der Waals surface area contributed by atoms with Crippen LogP contribution in [0, 0.1) is 6.92 Å². The summed E-state index contributed by atoms with van der Waals surface area (Å²) in [5, 5.41) is 18.7. The van der Waals surface area contributed by atoms with Gasteiger partial charge in [-0.15, -0.1) is 0 Å². The van der Waals surface area contributed by atoms with E-state index in [-0.39, 0.29) is 17.2 Å². The van der Waals surface area contributed by atoms with E-state index in [9.17, 15) is 10.2 Å². The summed E-state index contributed by atoms with van der Waals surface area (Å²) in [7, 11) is 0. The molecule has 0 spiro atoms. The maximum atomic E-state index is 9.38. The molecule has 4 heteroatoms. The normalized spacial score (nSPS) is 10.2. The zero-order chi connectivity index (χ0) is 12.4. The zero-order valence-corrected chi connectivity index (χ0v) is 9.34. The van der Waals surface area contributed by atoms with Crippen LogP contribution in [0.5, 0.6) is 23.0 Å². The second-order valence-electron chi connectivity index (χ2n) is 3.77. The standard InChI is InChI=1S/C13H13NO3/c1-8-6-9(2-4-12(8)15)17-10-3-5-13(16)11(14)7-10/h2-7,15-16H,14H2,1H3. The quantitative estimate of drug-likeness (QED) is 0.548. The predicted octanol–water partition coefficient (Wildman–Crippen LogP) is 2.78. The van der Waals surface area contributed by atoms with Gasteiger partial charge in [0, 0.05) is 6.07 Å². The van der Waals surface area contributed by atoms with Crippen LogP contribution in [-0.2, 0) is 0 Å². The second-order valence-corrected chi connectivity index (χ2v) is 3.77. The van der Waals surface area contributed by atoms with E-state index in [2.05, 4.69) is 0 Å². The molecule has 0 aliphatic rings. The molecule has 0 bridgehead atoms. The molecule has 17 heavy (non-hydrogen) atoms. The molecule has 0 aliphatic heterocycles. The van der Waals surface area contributed by atoms with Crippen LogP contribution in [0.3, 0.4) is 0 Å². The van der Waals surface area contributed by atoms with E-state index in [4.69, 9.17) is 10.5 Å². The Balaban J connectivity index is 2.25. The minimum atomic E-state index is 0.0271. The van der Waals surface area contributed by atoms with Gasteiger partial charge in [-0.1, -0.05) is 0 Å². The third kappa shape index (κ3) is 2.42.